The molecule has 192 valence electrons. The van der Waals surface area contributed by atoms with E-state index in [1.54, 1.807) is 0 Å². The monoisotopic (exact) mass is 479 g/mol. The maximum absolute atomic E-state index is 12.1. The third-order valence-electron chi connectivity index (χ3n) is 6.02. The Morgan fingerprint density at radius 1 is 0.771 bits per heavy atom. The number of hydrogen-bond acceptors (Lipinski definition) is 2. The van der Waals surface area contributed by atoms with Gasteiger partial charge in [-0.05, 0) is 36.7 Å². The van der Waals surface area contributed by atoms with Crippen molar-refractivity contribution >= 4 is 11.9 Å². The van der Waals surface area contributed by atoms with Crippen molar-refractivity contribution in [3.8, 4) is 23.7 Å². The van der Waals surface area contributed by atoms with Gasteiger partial charge < -0.3 is 10.4 Å². The van der Waals surface area contributed by atoms with Gasteiger partial charge in [0.15, 0.2) is 0 Å². The van der Waals surface area contributed by atoms with Gasteiger partial charge in [-0.1, -0.05) is 113 Å². The van der Waals surface area contributed by atoms with Crippen molar-refractivity contribution in [1.29, 1.82) is 0 Å². The van der Waals surface area contributed by atoms with Gasteiger partial charge in [-0.15, -0.1) is 0 Å². The number of amides is 1. The van der Waals surface area contributed by atoms with Crippen LogP contribution in [0.15, 0.2) is 30.3 Å². The van der Waals surface area contributed by atoms with Crippen molar-refractivity contribution in [2.24, 2.45) is 0 Å². The van der Waals surface area contributed by atoms with Crippen LogP contribution < -0.4 is 5.32 Å². The molecule has 4 heteroatoms. The summed E-state index contributed by atoms with van der Waals surface area (Å²) in [7, 11) is 0. The number of carbonyl (C=O) groups is 2. The Balaban J connectivity index is 1.98. The molecule has 2 N–H and O–H groups in total. The molecule has 0 aliphatic carbocycles. The van der Waals surface area contributed by atoms with Crippen LogP contribution in [0, 0.1) is 23.7 Å². The Kier molecular flexibility index (Phi) is 18.9. The van der Waals surface area contributed by atoms with E-state index in [1.807, 2.05) is 30.3 Å². The SMILES string of the molecule is CCCCCCCCCC#CC#CCCCCCCCCC(=O)NC(Cc1ccccc1)C(=O)O. The Morgan fingerprint density at radius 2 is 1.29 bits per heavy atom. The maximum atomic E-state index is 12.1. The molecular formula is C31H45NO3. The molecule has 1 aromatic carbocycles. The second-order valence-corrected chi connectivity index (χ2v) is 9.24. The smallest absolute Gasteiger partial charge is 0.326 e. The summed E-state index contributed by atoms with van der Waals surface area (Å²) in [6.45, 7) is 2.25. The molecule has 1 atom stereocenters. The molecule has 0 aliphatic rings. The average Bonchev–Trinajstić information content (AvgIpc) is 2.85. The van der Waals surface area contributed by atoms with E-state index in [0.717, 1.165) is 56.9 Å². The highest BCUT2D eigenvalue weighted by molar-refractivity contribution is 5.83. The van der Waals surface area contributed by atoms with Crippen LogP contribution >= 0.6 is 0 Å². The number of unbranched alkanes of at least 4 members (excludes halogenated alkanes) is 13. The molecule has 0 bridgehead atoms. The largest absolute Gasteiger partial charge is 0.480 e. The normalized spacial score (nSPS) is 11.0. The van der Waals surface area contributed by atoms with Gasteiger partial charge in [0.1, 0.15) is 6.04 Å². The first-order chi connectivity index (χ1) is 17.1. The summed E-state index contributed by atoms with van der Waals surface area (Å²) in [6.07, 6.45) is 18.0. The van der Waals surface area contributed by atoms with Gasteiger partial charge in [-0.3, -0.25) is 4.79 Å². The summed E-state index contributed by atoms with van der Waals surface area (Å²) in [6, 6.07) is 8.50. The lowest BCUT2D eigenvalue weighted by Crippen LogP contribution is -2.42. The molecule has 35 heavy (non-hydrogen) atoms. The second kappa shape index (κ2) is 21.8. The number of carboxylic acid groups (broad SMARTS) is 1. The molecule has 0 aromatic heterocycles. The summed E-state index contributed by atoms with van der Waals surface area (Å²) < 4.78 is 0. The highest BCUT2D eigenvalue weighted by Crippen LogP contribution is 2.10. The van der Waals surface area contributed by atoms with E-state index in [1.165, 1.54) is 44.9 Å². The molecule has 0 saturated heterocycles. The predicted molar refractivity (Wildman–Crippen MR) is 145 cm³/mol. The highest BCUT2D eigenvalue weighted by Gasteiger charge is 2.19. The number of carbonyl (C=O) groups excluding carboxylic acids is 1. The van der Waals surface area contributed by atoms with E-state index < -0.39 is 12.0 Å². The second-order valence-electron chi connectivity index (χ2n) is 9.24. The molecule has 0 heterocycles. The van der Waals surface area contributed by atoms with Crippen LogP contribution in [0.4, 0.5) is 0 Å². The summed E-state index contributed by atoms with van der Waals surface area (Å²) in [5, 5.41) is 12.0. The Hall–Kier alpha value is -2.72. The van der Waals surface area contributed by atoms with E-state index in [2.05, 4.69) is 35.9 Å². The van der Waals surface area contributed by atoms with Crippen molar-refractivity contribution in [2.75, 3.05) is 0 Å². The van der Waals surface area contributed by atoms with E-state index >= 15 is 0 Å². The van der Waals surface area contributed by atoms with Gasteiger partial charge in [-0.2, -0.15) is 0 Å². The zero-order valence-corrected chi connectivity index (χ0v) is 21.7. The van der Waals surface area contributed by atoms with E-state index in [-0.39, 0.29) is 5.91 Å². The molecule has 1 unspecified atom stereocenters. The molecule has 0 saturated carbocycles. The maximum Gasteiger partial charge on any atom is 0.326 e. The highest BCUT2D eigenvalue weighted by atomic mass is 16.4. The lowest BCUT2D eigenvalue weighted by molar-refractivity contribution is -0.141. The Labute approximate surface area is 213 Å². The number of aliphatic carboxylic acids is 1. The van der Waals surface area contributed by atoms with Crippen molar-refractivity contribution in [3.05, 3.63) is 35.9 Å². The number of hydrogen-bond donors (Lipinski definition) is 2. The molecule has 1 rings (SSSR count). The first-order valence-electron chi connectivity index (χ1n) is 13.6. The molecule has 0 spiro atoms. The van der Waals surface area contributed by atoms with Crippen LogP contribution in [-0.2, 0) is 16.0 Å². The molecule has 0 radical (unpaired) electrons. The van der Waals surface area contributed by atoms with Crippen molar-refractivity contribution < 1.29 is 14.7 Å². The van der Waals surface area contributed by atoms with Crippen LogP contribution in [0.3, 0.4) is 0 Å². The van der Waals surface area contributed by atoms with Gasteiger partial charge in [0.25, 0.3) is 0 Å². The molecule has 1 aromatic rings. The fraction of sp³-hybridized carbons (Fsp3) is 0.613. The van der Waals surface area contributed by atoms with Gasteiger partial charge in [0.05, 0.1) is 0 Å². The number of carboxylic acids is 1. The lowest BCUT2D eigenvalue weighted by atomic mass is 10.1. The first-order valence-corrected chi connectivity index (χ1v) is 13.6. The summed E-state index contributed by atoms with van der Waals surface area (Å²) >= 11 is 0. The molecule has 0 fully saturated rings. The molecule has 1 amide bonds. The molecule has 0 aliphatic heterocycles. The number of rotatable bonds is 19. The van der Waals surface area contributed by atoms with Crippen LogP contribution in [0.1, 0.15) is 115 Å². The molecular weight excluding hydrogens is 434 g/mol. The number of benzene rings is 1. The van der Waals surface area contributed by atoms with Crippen LogP contribution in [0.25, 0.3) is 0 Å². The predicted octanol–water partition coefficient (Wildman–Crippen LogP) is 7.07. The quantitative estimate of drug-likeness (QED) is 0.165. The third kappa shape index (κ3) is 18.3. The Morgan fingerprint density at radius 3 is 1.83 bits per heavy atom. The van der Waals surface area contributed by atoms with Crippen LogP contribution in [-0.4, -0.2) is 23.0 Å². The van der Waals surface area contributed by atoms with Gasteiger partial charge in [0, 0.05) is 25.7 Å². The van der Waals surface area contributed by atoms with E-state index in [4.69, 9.17) is 0 Å². The van der Waals surface area contributed by atoms with Crippen LogP contribution in [0.2, 0.25) is 0 Å². The minimum atomic E-state index is -0.996. The summed E-state index contributed by atoms with van der Waals surface area (Å²) in [4.78, 5) is 23.6. The van der Waals surface area contributed by atoms with Crippen molar-refractivity contribution in [3.63, 3.8) is 0 Å². The third-order valence-corrected chi connectivity index (χ3v) is 6.02. The van der Waals surface area contributed by atoms with E-state index in [9.17, 15) is 14.7 Å². The standard InChI is InChI=1S/C31H45NO3/c1-2-3-4-5-6-7-8-9-10-11-12-13-14-15-16-17-18-19-23-26-30(33)32-29(31(34)35)27-28-24-21-20-22-25-28/h20-22,24-25,29H,2-9,14-19,23,26-27H2,1H3,(H,32,33)(H,34,35). The minimum absolute atomic E-state index is 0.184. The van der Waals surface area contributed by atoms with Crippen molar-refractivity contribution in [2.45, 2.75) is 122 Å². The number of nitrogens with one attached hydrogen (secondary N) is 1. The zero-order valence-electron chi connectivity index (χ0n) is 21.7. The lowest BCUT2D eigenvalue weighted by Gasteiger charge is -2.14. The zero-order chi connectivity index (χ0) is 25.4. The first kappa shape index (κ1) is 30.3. The summed E-state index contributed by atoms with van der Waals surface area (Å²) in [5.41, 5.74) is 0.903. The fourth-order valence-corrected chi connectivity index (χ4v) is 3.91. The van der Waals surface area contributed by atoms with Crippen molar-refractivity contribution in [1.82, 2.24) is 5.32 Å². The van der Waals surface area contributed by atoms with Gasteiger partial charge in [-0.25, -0.2) is 4.79 Å². The van der Waals surface area contributed by atoms with Gasteiger partial charge >= 0.3 is 5.97 Å². The van der Waals surface area contributed by atoms with E-state index in [0.29, 0.717) is 12.8 Å². The van der Waals surface area contributed by atoms with Crippen LogP contribution in [0.5, 0.6) is 0 Å². The average molecular weight is 480 g/mol. The minimum Gasteiger partial charge on any atom is -0.480 e. The Bertz CT molecular complexity index is 810. The fourth-order valence-electron chi connectivity index (χ4n) is 3.91. The molecule has 4 nitrogen and oxygen atoms in total. The summed E-state index contributed by atoms with van der Waals surface area (Å²) in [5.74, 6) is 11.1. The topological polar surface area (TPSA) is 66.4 Å². The van der Waals surface area contributed by atoms with Gasteiger partial charge in [0.2, 0.25) is 5.91 Å².